The number of nitrogens with zero attached hydrogens (tertiary/aromatic N) is 3. The van der Waals surface area contributed by atoms with E-state index in [1.54, 1.807) is 6.20 Å². The summed E-state index contributed by atoms with van der Waals surface area (Å²) >= 11 is 0. The lowest BCUT2D eigenvalue weighted by molar-refractivity contribution is 0.312. The maximum Gasteiger partial charge on any atom is 0.101 e. The first kappa shape index (κ1) is 8.21. The number of aromatic nitrogens is 1. The second-order valence-electron chi connectivity index (χ2n) is 3.42. The standard InChI is InChI=1S/C10H11N3/c1-13-3-2-8-5-12-6-9(4-11)10(8)7-13/h5-6H,2-3,7H2,1H3. The first-order chi connectivity index (χ1) is 6.31. The molecule has 1 aromatic rings. The van der Waals surface area contributed by atoms with E-state index in [-0.39, 0.29) is 0 Å². The van der Waals surface area contributed by atoms with E-state index in [9.17, 15) is 0 Å². The molecule has 0 aliphatic carbocycles. The summed E-state index contributed by atoms with van der Waals surface area (Å²) in [6, 6.07) is 2.19. The summed E-state index contributed by atoms with van der Waals surface area (Å²) in [5.41, 5.74) is 3.12. The lowest BCUT2D eigenvalue weighted by Gasteiger charge is -2.24. The van der Waals surface area contributed by atoms with E-state index in [4.69, 9.17) is 5.26 Å². The largest absolute Gasteiger partial charge is 0.302 e. The zero-order valence-electron chi connectivity index (χ0n) is 7.62. The molecule has 0 amide bonds. The molecule has 0 radical (unpaired) electrons. The Balaban J connectivity index is 2.48. The van der Waals surface area contributed by atoms with E-state index >= 15 is 0 Å². The highest BCUT2D eigenvalue weighted by molar-refractivity contribution is 5.41. The van der Waals surface area contributed by atoms with Gasteiger partial charge in [-0.05, 0) is 24.6 Å². The van der Waals surface area contributed by atoms with Crippen molar-refractivity contribution < 1.29 is 0 Å². The third-order valence-corrected chi connectivity index (χ3v) is 2.46. The first-order valence-corrected chi connectivity index (χ1v) is 4.35. The molecule has 13 heavy (non-hydrogen) atoms. The van der Waals surface area contributed by atoms with Gasteiger partial charge in [-0.2, -0.15) is 5.26 Å². The van der Waals surface area contributed by atoms with Gasteiger partial charge in [0.05, 0.1) is 5.56 Å². The molecule has 0 unspecified atom stereocenters. The number of nitriles is 1. The molecule has 0 saturated carbocycles. The fourth-order valence-corrected chi connectivity index (χ4v) is 1.69. The molecule has 66 valence electrons. The minimum Gasteiger partial charge on any atom is -0.302 e. The highest BCUT2D eigenvalue weighted by atomic mass is 15.1. The maximum absolute atomic E-state index is 8.87. The van der Waals surface area contributed by atoms with Crippen LogP contribution in [0, 0.1) is 11.3 Å². The van der Waals surface area contributed by atoms with Crippen molar-refractivity contribution in [2.75, 3.05) is 13.6 Å². The quantitative estimate of drug-likeness (QED) is 0.586. The predicted octanol–water partition coefficient (Wildman–Crippen LogP) is 0.941. The van der Waals surface area contributed by atoms with Crippen molar-refractivity contribution in [2.24, 2.45) is 0 Å². The average Bonchev–Trinajstić information content (AvgIpc) is 2.17. The molecule has 0 N–H and O–H groups in total. The summed E-state index contributed by atoms with van der Waals surface area (Å²) < 4.78 is 0. The Morgan fingerprint density at radius 2 is 2.38 bits per heavy atom. The van der Waals surface area contributed by atoms with E-state index in [1.807, 2.05) is 6.20 Å². The highest BCUT2D eigenvalue weighted by Crippen LogP contribution is 2.19. The maximum atomic E-state index is 8.87. The summed E-state index contributed by atoms with van der Waals surface area (Å²) in [6.45, 7) is 1.93. The van der Waals surface area contributed by atoms with Gasteiger partial charge in [0.1, 0.15) is 6.07 Å². The van der Waals surface area contributed by atoms with Gasteiger partial charge in [0.25, 0.3) is 0 Å². The molecule has 1 aliphatic heterocycles. The van der Waals surface area contributed by atoms with E-state index in [0.29, 0.717) is 0 Å². The summed E-state index contributed by atoms with van der Waals surface area (Å²) in [7, 11) is 2.07. The van der Waals surface area contributed by atoms with Gasteiger partial charge in [-0.15, -0.1) is 0 Å². The van der Waals surface area contributed by atoms with Gasteiger partial charge < -0.3 is 4.90 Å². The van der Waals surface area contributed by atoms with Crippen molar-refractivity contribution in [2.45, 2.75) is 13.0 Å². The summed E-state index contributed by atoms with van der Waals surface area (Å²) in [6.07, 6.45) is 4.54. The van der Waals surface area contributed by atoms with Crippen molar-refractivity contribution in [3.05, 3.63) is 29.1 Å². The second kappa shape index (κ2) is 3.15. The van der Waals surface area contributed by atoms with Crippen molar-refractivity contribution in [3.63, 3.8) is 0 Å². The molecule has 0 fully saturated rings. The smallest absolute Gasteiger partial charge is 0.101 e. The van der Waals surface area contributed by atoms with Gasteiger partial charge in [0.15, 0.2) is 0 Å². The topological polar surface area (TPSA) is 39.9 Å². The molecular weight excluding hydrogens is 162 g/mol. The van der Waals surface area contributed by atoms with E-state index < -0.39 is 0 Å². The third kappa shape index (κ3) is 1.41. The average molecular weight is 173 g/mol. The van der Waals surface area contributed by atoms with Crippen LogP contribution in [0.3, 0.4) is 0 Å². The molecule has 0 atom stereocenters. The minimum absolute atomic E-state index is 0.726. The van der Waals surface area contributed by atoms with Crippen molar-refractivity contribution in [1.29, 1.82) is 5.26 Å². The molecule has 2 heterocycles. The SMILES string of the molecule is CN1CCc2cncc(C#N)c2C1. The molecule has 3 nitrogen and oxygen atoms in total. The zero-order valence-corrected chi connectivity index (χ0v) is 7.62. The normalized spacial score (nSPS) is 16.3. The molecule has 1 aliphatic rings. The summed E-state index contributed by atoms with van der Waals surface area (Å²) in [5, 5.41) is 8.87. The van der Waals surface area contributed by atoms with Crippen LogP contribution in [0.5, 0.6) is 0 Å². The lowest BCUT2D eigenvalue weighted by atomic mass is 9.99. The predicted molar refractivity (Wildman–Crippen MR) is 49.0 cm³/mol. The van der Waals surface area contributed by atoms with Crippen LogP contribution in [0.25, 0.3) is 0 Å². The minimum atomic E-state index is 0.726. The van der Waals surface area contributed by atoms with Gasteiger partial charge in [-0.1, -0.05) is 0 Å². The Morgan fingerprint density at radius 3 is 3.15 bits per heavy atom. The molecule has 2 rings (SSSR count). The molecule has 0 spiro atoms. The van der Waals surface area contributed by atoms with Crippen molar-refractivity contribution in [3.8, 4) is 6.07 Å². The van der Waals surface area contributed by atoms with Gasteiger partial charge >= 0.3 is 0 Å². The van der Waals surface area contributed by atoms with Gasteiger partial charge in [0.2, 0.25) is 0 Å². The number of likely N-dealkylation sites (N-methyl/N-ethyl adjacent to an activating group) is 1. The lowest BCUT2D eigenvalue weighted by Crippen LogP contribution is -2.27. The van der Waals surface area contributed by atoms with Crippen LogP contribution in [0.4, 0.5) is 0 Å². The first-order valence-electron chi connectivity index (χ1n) is 4.35. The van der Waals surface area contributed by atoms with Gasteiger partial charge in [0, 0.05) is 25.5 Å². The Labute approximate surface area is 77.6 Å². The Bertz CT molecular complexity index is 365. The fourth-order valence-electron chi connectivity index (χ4n) is 1.69. The highest BCUT2D eigenvalue weighted by Gasteiger charge is 2.16. The van der Waals surface area contributed by atoms with Crippen LogP contribution in [-0.2, 0) is 13.0 Å². The molecule has 3 heteroatoms. The van der Waals surface area contributed by atoms with Crippen LogP contribution >= 0.6 is 0 Å². The van der Waals surface area contributed by atoms with Crippen LogP contribution in [-0.4, -0.2) is 23.5 Å². The number of pyridine rings is 1. The third-order valence-electron chi connectivity index (χ3n) is 2.46. The van der Waals surface area contributed by atoms with Crippen LogP contribution in [0.1, 0.15) is 16.7 Å². The second-order valence-corrected chi connectivity index (χ2v) is 3.42. The summed E-state index contributed by atoms with van der Waals surface area (Å²) in [5.74, 6) is 0. The Kier molecular flexibility index (Phi) is 1.99. The molecule has 1 aromatic heterocycles. The van der Waals surface area contributed by atoms with Crippen molar-refractivity contribution in [1.82, 2.24) is 9.88 Å². The van der Waals surface area contributed by atoms with Gasteiger partial charge in [-0.25, -0.2) is 0 Å². The summed E-state index contributed by atoms with van der Waals surface area (Å²) in [4.78, 5) is 6.28. The van der Waals surface area contributed by atoms with Gasteiger partial charge in [-0.3, -0.25) is 4.98 Å². The van der Waals surface area contributed by atoms with Crippen LogP contribution in [0.15, 0.2) is 12.4 Å². The number of hydrogen-bond donors (Lipinski definition) is 0. The van der Waals surface area contributed by atoms with Crippen LogP contribution < -0.4 is 0 Å². The van der Waals surface area contributed by atoms with E-state index in [1.165, 1.54) is 5.56 Å². The Morgan fingerprint density at radius 1 is 1.54 bits per heavy atom. The number of rotatable bonds is 0. The molecule has 0 bridgehead atoms. The van der Waals surface area contributed by atoms with E-state index in [2.05, 4.69) is 23.0 Å². The molecule has 0 aromatic carbocycles. The fraction of sp³-hybridized carbons (Fsp3) is 0.400. The van der Waals surface area contributed by atoms with Crippen LogP contribution in [0.2, 0.25) is 0 Å². The number of hydrogen-bond acceptors (Lipinski definition) is 3. The van der Waals surface area contributed by atoms with Crippen molar-refractivity contribution >= 4 is 0 Å². The number of fused-ring (bicyclic) bond motifs is 1. The molecular formula is C10H11N3. The monoisotopic (exact) mass is 173 g/mol. The zero-order chi connectivity index (χ0) is 9.26. The molecule has 0 saturated heterocycles. The van der Waals surface area contributed by atoms with E-state index in [0.717, 1.165) is 30.6 Å². The Hall–Kier alpha value is -1.40.